The minimum absolute atomic E-state index is 0.158. The largest absolute Gasteiger partial charge is 0.447 e. The number of fused-ring (bicyclic) bond motifs is 1. The number of cyclic esters (lactones) is 1. The molecule has 1 fully saturated rings. The second-order valence-electron chi connectivity index (χ2n) is 2.55. The van der Waals surface area contributed by atoms with Crippen molar-refractivity contribution in [2.45, 2.75) is 12.5 Å². The molecule has 3 heteroatoms. The van der Waals surface area contributed by atoms with Gasteiger partial charge in [-0.1, -0.05) is 12.2 Å². The molecule has 2 heterocycles. The molecule has 54 valence electrons. The van der Waals surface area contributed by atoms with E-state index in [1.54, 1.807) is 4.90 Å². The van der Waals surface area contributed by atoms with Crippen LogP contribution in [0.1, 0.15) is 6.42 Å². The molecule has 0 aromatic heterocycles. The fourth-order valence-electron chi connectivity index (χ4n) is 1.35. The fraction of sp³-hybridized carbons (Fsp3) is 0.571. The summed E-state index contributed by atoms with van der Waals surface area (Å²) in [4.78, 5) is 12.6. The van der Waals surface area contributed by atoms with E-state index in [2.05, 4.69) is 6.08 Å². The van der Waals surface area contributed by atoms with Crippen molar-refractivity contribution in [2.24, 2.45) is 0 Å². The van der Waals surface area contributed by atoms with Crippen molar-refractivity contribution >= 4 is 6.09 Å². The molecule has 3 nitrogen and oxygen atoms in total. The molecule has 0 aromatic rings. The third kappa shape index (κ3) is 0.701. The number of rotatable bonds is 0. The fourth-order valence-corrected chi connectivity index (χ4v) is 1.35. The molecule has 0 bridgehead atoms. The lowest BCUT2D eigenvalue weighted by molar-refractivity contribution is 0.158. The summed E-state index contributed by atoms with van der Waals surface area (Å²) in [6.45, 7) is 1.36. The highest BCUT2D eigenvalue weighted by molar-refractivity contribution is 5.70. The molecule has 0 aliphatic carbocycles. The molecule has 1 saturated heterocycles. The monoisotopic (exact) mass is 139 g/mol. The van der Waals surface area contributed by atoms with Gasteiger partial charge in [0.25, 0.3) is 0 Å². The van der Waals surface area contributed by atoms with E-state index in [0.717, 1.165) is 13.0 Å². The minimum atomic E-state index is -0.158. The van der Waals surface area contributed by atoms with Gasteiger partial charge in [-0.3, -0.25) is 4.90 Å². The van der Waals surface area contributed by atoms with Gasteiger partial charge in [0.1, 0.15) is 6.61 Å². The van der Waals surface area contributed by atoms with Gasteiger partial charge >= 0.3 is 6.09 Å². The van der Waals surface area contributed by atoms with Crippen molar-refractivity contribution < 1.29 is 9.53 Å². The van der Waals surface area contributed by atoms with Gasteiger partial charge in [-0.15, -0.1) is 0 Å². The molecule has 2 aliphatic rings. The van der Waals surface area contributed by atoms with Crippen molar-refractivity contribution in [3.05, 3.63) is 12.2 Å². The summed E-state index contributed by atoms with van der Waals surface area (Å²) in [6.07, 6.45) is 4.94. The number of hydrogen-bond donors (Lipinski definition) is 0. The molecule has 10 heavy (non-hydrogen) atoms. The van der Waals surface area contributed by atoms with E-state index in [9.17, 15) is 4.79 Å². The lowest BCUT2D eigenvalue weighted by Gasteiger charge is -2.20. The highest BCUT2D eigenvalue weighted by Gasteiger charge is 2.31. The zero-order chi connectivity index (χ0) is 6.97. The smallest absolute Gasteiger partial charge is 0.410 e. The van der Waals surface area contributed by atoms with Crippen LogP contribution in [0.25, 0.3) is 0 Å². The first-order chi connectivity index (χ1) is 4.88. The normalized spacial score (nSPS) is 30.2. The van der Waals surface area contributed by atoms with E-state index in [4.69, 9.17) is 4.74 Å². The van der Waals surface area contributed by atoms with Gasteiger partial charge in [0.2, 0.25) is 0 Å². The molecule has 0 saturated carbocycles. The summed E-state index contributed by atoms with van der Waals surface area (Å²) in [5.41, 5.74) is 0. The molecule has 1 amide bonds. The quantitative estimate of drug-likeness (QED) is 0.464. The van der Waals surface area contributed by atoms with Crippen LogP contribution in [0, 0.1) is 0 Å². The van der Waals surface area contributed by atoms with Crippen molar-refractivity contribution in [1.82, 2.24) is 4.90 Å². The number of nitrogens with zero attached hydrogens (tertiary/aromatic N) is 1. The zero-order valence-electron chi connectivity index (χ0n) is 5.62. The standard InChI is InChI=1S/C7H9NO2/c9-7-8-4-2-1-3-6(8)5-10-7/h1,3,6H,2,4-5H2. The van der Waals surface area contributed by atoms with Crippen molar-refractivity contribution in [1.29, 1.82) is 0 Å². The summed E-state index contributed by atoms with van der Waals surface area (Å²) in [5, 5.41) is 0. The number of ether oxygens (including phenoxy) is 1. The molecular formula is C7H9NO2. The first kappa shape index (κ1) is 5.77. The maximum absolute atomic E-state index is 10.9. The summed E-state index contributed by atoms with van der Waals surface area (Å²) in [5.74, 6) is 0. The molecule has 0 radical (unpaired) electrons. The average Bonchev–Trinajstić information content (AvgIpc) is 2.34. The van der Waals surface area contributed by atoms with Crippen LogP contribution < -0.4 is 0 Å². The summed E-state index contributed by atoms with van der Waals surface area (Å²) >= 11 is 0. The molecule has 2 rings (SSSR count). The van der Waals surface area contributed by atoms with Gasteiger partial charge in [0, 0.05) is 6.54 Å². The van der Waals surface area contributed by atoms with Crippen LogP contribution in [0.5, 0.6) is 0 Å². The molecule has 0 spiro atoms. The Morgan fingerprint density at radius 2 is 2.60 bits per heavy atom. The number of carbonyl (C=O) groups excluding carboxylic acids is 1. The van der Waals surface area contributed by atoms with Crippen LogP contribution in [0.4, 0.5) is 4.79 Å². The molecule has 2 aliphatic heterocycles. The van der Waals surface area contributed by atoms with Gasteiger partial charge in [-0.05, 0) is 6.42 Å². The van der Waals surface area contributed by atoms with Crippen molar-refractivity contribution in [3.8, 4) is 0 Å². The average molecular weight is 139 g/mol. The highest BCUT2D eigenvalue weighted by atomic mass is 16.6. The number of carbonyl (C=O) groups is 1. The molecule has 1 unspecified atom stereocenters. The van der Waals surface area contributed by atoms with E-state index in [0.29, 0.717) is 6.61 Å². The molecule has 0 aromatic carbocycles. The first-order valence-corrected chi connectivity index (χ1v) is 3.48. The van der Waals surface area contributed by atoms with Crippen molar-refractivity contribution in [2.75, 3.05) is 13.2 Å². The lowest BCUT2D eigenvalue weighted by Crippen LogP contribution is -2.34. The Kier molecular flexibility index (Phi) is 1.16. The Morgan fingerprint density at radius 1 is 1.70 bits per heavy atom. The molecule has 0 N–H and O–H groups in total. The predicted octanol–water partition coefficient (Wildman–Crippen LogP) is 0.767. The third-order valence-corrected chi connectivity index (χ3v) is 1.91. The minimum Gasteiger partial charge on any atom is -0.447 e. The Labute approximate surface area is 59.3 Å². The summed E-state index contributed by atoms with van der Waals surface area (Å²) < 4.78 is 4.84. The highest BCUT2D eigenvalue weighted by Crippen LogP contribution is 2.17. The Morgan fingerprint density at radius 3 is 3.40 bits per heavy atom. The van der Waals surface area contributed by atoms with Gasteiger partial charge in [0.15, 0.2) is 0 Å². The van der Waals surface area contributed by atoms with Crippen LogP contribution in [0.3, 0.4) is 0 Å². The van der Waals surface area contributed by atoms with E-state index in [1.165, 1.54) is 0 Å². The predicted molar refractivity (Wildman–Crippen MR) is 35.6 cm³/mol. The van der Waals surface area contributed by atoms with E-state index in [1.807, 2.05) is 6.08 Å². The molecular weight excluding hydrogens is 130 g/mol. The van der Waals surface area contributed by atoms with Gasteiger partial charge in [0.05, 0.1) is 6.04 Å². The third-order valence-electron chi connectivity index (χ3n) is 1.91. The van der Waals surface area contributed by atoms with E-state index in [-0.39, 0.29) is 12.1 Å². The van der Waals surface area contributed by atoms with Crippen LogP contribution in [-0.2, 0) is 4.74 Å². The van der Waals surface area contributed by atoms with Gasteiger partial charge in [-0.2, -0.15) is 0 Å². The Hall–Kier alpha value is -0.990. The summed E-state index contributed by atoms with van der Waals surface area (Å²) in [6, 6.07) is 0.223. The SMILES string of the molecule is O=C1OCC2C=CCCN12. The zero-order valence-corrected chi connectivity index (χ0v) is 5.62. The van der Waals surface area contributed by atoms with Crippen molar-refractivity contribution in [3.63, 3.8) is 0 Å². The maximum atomic E-state index is 10.9. The second kappa shape index (κ2) is 2.01. The maximum Gasteiger partial charge on any atom is 0.410 e. The topological polar surface area (TPSA) is 29.5 Å². The Balaban J connectivity index is 2.19. The van der Waals surface area contributed by atoms with Crippen LogP contribution >= 0.6 is 0 Å². The Bertz CT molecular complexity index is 188. The number of amides is 1. The van der Waals surface area contributed by atoms with Gasteiger partial charge < -0.3 is 4.74 Å². The lowest BCUT2D eigenvalue weighted by atomic mass is 10.2. The van der Waals surface area contributed by atoms with Gasteiger partial charge in [-0.25, -0.2) is 4.79 Å². The van der Waals surface area contributed by atoms with Crippen LogP contribution in [0.15, 0.2) is 12.2 Å². The van der Waals surface area contributed by atoms with E-state index < -0.39 is 0 Å². The van der Waals surface area contributed by atoms with E-state index >= 15 is 0 Å². The first-order valence-electron chi connectivity index (χ1n) is 3.48. The summed E-state index contributed by atoms with van der Waals surface area (Å²) in [7, 11) is 0. The second-order valence-corrected chi connectivity index (χ2v) is 2.55. The van der Waals surface area contributed by atoms with Crippen LogP contribution in [-0.4, -0.2) is 30.2 Å². The molecule has 1 atom stereocenters. The number of hydrogen-bond acceptors (Lipinski definition) is 2. The van der Waals surface area contributed by atoms with Crippen LogP contribution in [0.2, 0.25) is 0 Å².